The van der Waals surface area contributed by atoms with Gasteiger partial charge in [-0.25, -0.2) is 18.2 Å². The van der Waals surface area contributed by atoms with Crippen LogP contribution in [0.4, 0.5) is 4.79 Å². The highest BCUT2D eigenvalue weighted by atomic mass is 32.2. The standard InChI is InChI=1S/C32H41N3O5.C11H19NO3S.C7H13NO/c1-20-16-23(19-35(20)29(36)28(31(2,3)4)34-30(37)40-32(5,6)7)39-27-18-25(21-12-10-9-11-13-21)33-26-17-22(38-8)14-15-24(26)27;1-3-5-6-10(4-2)11(7-8-11)16(14,15)12-9-13;1-4-5-7(2,3)8-6-9/h9-15,17-18,20,23,28H,16,19H2,1-8H3,(H,34,37);6,9H,3-5,7-8H2,1-2H3,(H,12,13);4,6H,1,5H2,2-3H3,(H,8,9)/b;10-6+;/t20-,23?,28-;;/m1../s1. The summed E-state index contributed by atoms with van der Waals surface area (Å²) in [5, 5.41) is 6.37. The first-order chi connectivity index (χ1) is 30.4. The Morgan fingerprint density at radius 3 is 2.17 bits per heavy atom. The topological polar surface area (TPSA) is 182 Å². The number of hydrogen-bond acceptors (Lipinski definition) is 10. The minimum atomic E-state index is -3.53. The van der Waals surface area contributed by atoms with Crippen LogP contribution in [-0.4, -0.2) is 90.9 Å². The Labute approximate surface area is 387 Å². The lowest BCUT2D eigenvalue weighted by Crippen LogP contribution is -2.56. The highest BCUT2D eigenvalue weighted by molar-refractivity contribution is 7.91. The number of carbonyl (C=O) groups is 4. The molecule has 3 N–H and O–H groups in total. The fraction of sp³-hybridized carbons (Fsp3) is 0.540. The number of rotatable bonds is 17. The normalized spacial score (nSPS) is 17.5. The number of sulfonamides is 1. The maximum atomic E-state index is 13.8. The molecule has 15 heteroatoms. The number of nitrogens with one attached hydrogen (secondary N) is 3. The third-order valence-electron chi connectivity index (χ3n) is 11.1. The van der Waals surface area contributed by atoms with Gasteiger partial charge in [-0.05, 0) is 91.2 Å². The molecule has 4 amide bonds. The predicted octanol–water partition coefficient (Wildman–Crippen LogP) is 9.04. The van der Waals surface area contributed by atoms with Crippen LogP contribution >= 0.6 is 0 Å². The van der Waals surface area contributed by atoms with Crippen LogP contribution in [0.15, 0.2) is 78.9 Å². The van der Waals surface area contributed by atoms with E-state index in [1.807, 2.05) is 119 Å². The monoisotopic (exact) mass is 920 g/mol. The molecule has 0 radical (unpaired) electrons. The van der Waals surface area contributed by atoms with Gasteiger partial charge in [-0.1, -0.05) is 89.1 Å². The van der Waals surface area contributed by atoms with Gasteiger partial charge < -0.3 is 29.7 Å². The number of carbonyl (C=O) groups excluding carboxylic acids is 4. The summed E-state index contributed by atoms with van der Waals surface area (Å²) in [6.45, 7) is 25.1. The number of methoxy groups -OCH3 is 1. The first-order valence-electron chi connectivity index (χ1n) is 22.4. The number of alkyl carbamates (subject to hydrolysis) is 1. The van der Waals surface area contributed by atoms with Crippen LogP contribution in [-0.2, 0) is 29.1 Å². The SMILES string of the molecule is C=CCC(C)(C)NC=O.CCC/C=C(\CC)C1(S(=O)(=O)NC=O)CC1.COc1ccc2c(OC3C[C@@H](C)N(C(=O)[C@@H](NC(=O)OC(C)(C)C)C(C)(C)C)C3)cc(-c3ccccc3)nc2c1. The lowest BCUT2D eigenvalue weighted by Gasteiger charge is -2.35. The van der Waals surface area contributed by atoms with E-state index in [2.05, 4.69) is 24.1 Å². The number of allylic oxidation sites excluding steroid dienone is 1. The van der Waals surface area contributed by atoms with E-state index in [0.29, 0.717) is 43.7 Å². The van der Waals surface area contributed by atoms with Crippen molar-refractivity contribution in [2.75, 3.05) is 13.7 Å². The van der Waals surface area contributed by atoms with E-state index < -0.39 is 37.9 Å². The number of amides is 4. The lowest BCUT2D eigenvalue weighted by molar-refractivity contribution is -0.137. The number of unbranched alkanes of at least 4 members (excludes halogenated alkanes) is 1. The van der Waals surface area contributed by atoms with Gasteiger partial charge in [0.05, 0.1) is 24.9 Å². The summed E-state index contributed by atoms with van der Waals surface area (Å²) in [6, 6.07) is 16.8. The van der Waals surface area contributed by atoms with Gasteiger partial charge in [0.1, 0.15) is 34.0 Å². The van der Waals surface area contributed by atoms with Gasteiger partial charge >= 0.3 is 6.09 Å². The number of fused-ring (bicyclic) bond motifs is 1. The smallest absolute Gasteiger partial charge is 0.408 e. The van der Waals surface area contributed by atoms with Crippen LogP contribution in [0.25, 0.3) is 22.2 Å². The molecule has 1 aliphatic carbocycles. The minimum absolute atomic E-state index is 0.0652. The van der Waals surface area contributed by atoms with E-state index >= 15 is 0 Å². The van der Waals surface area contributed by atoms with Crippen molar-refractivity contribution in [3.05, 3.63) is 78.9 Å². The zero-order chi connectivity index (χ0) is 48.8. The zero-order valence-electron chi connectivity index (χ0n) is 40.6. The van der Waals surface area contributed by atoms with Gasteiger partial charge in [0, 0.05) is 41.1 Å². The van der Waals surface area contributed by atoms with Crippen LogP contribution in [0.1, 0.15) is 121 Å². The van der Waals surface area contributed by atoms with Crippen molar-refractivity contribution in [1.82, 2.24) is 25.2 Å². The minimum Gasteiger partial charge on any atom is -0.497 e. The summed E-state index contributed by atoms with van der Waals surface area (Å²) < 4.78 is 42.4. The quantitative estimate of drug-likeness (QED) is 0.0873. The predicted molar refractivity (Wildman–Crippen MR) is 258 cm³/mol. The largest absolute Gasteiger partial charge is 0.497 e. The Hall–Kier alpha value is -5.44. The van der Waals surface area contributed by atoms with E-state index in [4.69, 9.17) is 19.2 Å². The average molecular weight is 920 g/mol. The third kappa shape index (κ3) is 15.3. The van der Waals surface area contributed by atoms with Crippen molar-refractivity contribution in [1.29, 1.82) is 0 Å². The molecule has 3 atom stereocenters. The van der Waals surface area contributed by atoms with Crippen LogP contribution in [0.5, 0.6) is 11.5 Å². The van der Waals surface area contributed by atoms with Crippen molar-refractivity contribution < 1.29 is 41.8 Å². The van der Waals surface area contributed by atoms with Gasteiger partial charge in [-0.2, -0.15) is 0 Å². The van der Waals surface area contributed by atoms with Crippen molar-refractivity contribution >= 4 is 45.7 Å². The van der Waals surface area contributed by atoms with Crippen molar-refractivity contribution in [2.45, 2.75) is 155 Å². The summed E-state index contributed by atoms with van der Waals surface area (Å²) >= 11 is 0. The molecule has 5 rings (SSSR count). The lowest BCUT2D eigenvalue weighted by atomic mass is 9.85. The number of nitrogens with zero attached hydrogens (tertiary/aromatic N) is 2. The molecule has 358 valence electrons. The molecule has 1 unspecified atom stereocenters. The fourth-order valence-electron chi connectivity index (χ4n) is 7.55. The van der Waals surface area contributed by atoms with E-state index in [1.54, 1.807) is 34.0 Å². The van der Waals surface area contributed by atoms with Crippen LogP contribution in [0.2, 0.25) is 0 Å². The van der Waals surface area contributed by atoms with Gasteiger partial charge in [-0.3, -0.25) is 19.1 Å². The summed E-state index contributed by atoms with van der Waals surface area (Å²) in [5.41, 5.74) is 2.18. The van der Waals surface area contributed by atoms with E-state index in [9.17, 15) is 27.6 Å². The molecule has 1 aromatic heterocycles. The molecule has 0 spiro atoms. The van der Waals surface area contributed by atoms with Gasteiger partial charge in [0.15, 0.2) is 0 Å². The summed E-state index contributed by atoms with van der Waals surface area (Å²) in [7, 11) is -1.89. The maximum absolute atomic E-state index is 13.8. The van der Waals surface area contributed by atoms with Crippen molar-refractivity contribution in [2.24, 2.45) is 5.41 Å². The number of likely N-dealkylation sites (tertiary alicyclic amines) is 1. The van der Waals surface area contributed by atoms with Crippen molar-refractivity contribution in [3.63, 3.8) is 0 Å². The molecule has 2 aliphatic rings. The number of pyridine rings is 1. The number of aromatic nitrogens is 1. The second-order valence-corrected chi connectivity index (χ2v) is 21.3. The summed E-state index contributed by atoms with van der Waals surface area (Å²) in [6.07, 6.45) is 9.26. The maximum Gasteiger partial charge on any atom is 0.408 e. The zero-order valence-corrected chi connectivity index (χ0v) is 41.4. The van der Waals surface area contributed by atoms with Crippen LogP contribution < -0.4 is 24.8 Å². The van der Waals surface area contributed by atoms with Gasteiger partial charge in [-0.15, -0.1) is 6.58 Å². The molecule has 2 heterocycles. The molecule has 2 fully saturated rings. The average Bonchev–Trinajstić information content (AvgIpc) is 3.96. The molecule has 1 aliphatic heterocycles. The fourth-order valence-corrected chi connectivity index (χ4v) is 9.12. The molecule has 1 saturated carbocycles. The Balaban J connectivity index is 0.000000367. The molecule has 14 nitrogen and oxygen atoms in total. The van der Waals surface area contributed by atoms with Crippen LogP contribution in [0, 0.1) is 5.41 Å². The Kier molecular flexibility index (Phi) is 19.2. The molecule has 2 aromatic carbocycles. The molecule has 1 saturated heterocycles. The molecule has 3 aromatic rings. The molecule has 0 bridgehead atoms. The third-order valence-corrected chi connectivity index (χ3v) is 13.2. The number of benzene rings is 2. The Morgan fingerprint density at radius 2 is 1.65 bits per heavy atom. The Morgan fingerprint density at radius 1 is 0.985 bits per heavy atom. The summed E-state index contributed by atoms with van der Waals surface area (Å²) in [4.78, 5) is 53.3. The van der Waals surface area contributed by atoms with Gasteiger partial charge in [0.25, 0.3) is 0 Å². The molecular formula is C50H73N5O9S. The summed E-state index contributed by atoms with van der Waals surface area (Å²) in [5.74, 6) is 1.27. The van der Waals surface area contributed by atoms with E-state index in [1.165, 1.54) is 0 Å². The second-order valence-electron chi connectivity index (χ2n) is 19.3. The molecular weight excluding hydrogens is 847 g/mol. The highest BCUT2D eigenvalue weighted by Crippen LogP contribution is 2.50. The second kappa shape index (κ2) is 23.1. The van der Waals surface area contributed by atoms with Gasteiger partial charge in [0.2, 0.25) is 28.8 Å². The van der Waals surface area contributed by atoms with Crippen LogP contribution in [0.3, 0.4) is 0 Å². The highest BCUT2D eigenvalue weighted by Gasteiger charge is 2.56. The number of hydrogen-bond donors (Lipinski definition) is 3. The Bertz CT molecular complexity index is 2210. The first-order valence-corrected chi connectivity index (χ1v) is 23.9. The molecule has 65 heavy (non-hydrogen) atoms. The van der Waals surface area contributed by atoms with E-state index in [-0.39, 0.29) is 30.0 Å². The van der Waals surface area contributed by atoms with Crippen molar-refractivity contribution in [3.8, 4) is 22.8 Å². The first kappa shape index (κ1) is 53.9. The van der Waals surface area contributed by atoms with E-state index in [0.717, 1.165) is 53.4 Å². The number of ether oxygens (including phenoxy) is 3.